The predicted molar refractivity (Wildman–Crippen MR) is 84.3 cm³/mol. The summed E-state index contributed by atoms with van der Waals surface area (Å²) in [6, 6.07) is 4.99. The molecule has 0 saturated heterocycles. The highest BCUT2D eigenvalue weighted by Crippen LogP contribution is 2.30. The molecule has 10 N–H and O–H groups in total. The second-order valence-electron chi connectivity index (χ2n) is 4.75. The molecule has 0 radical (unpaired) electrons. The summed E-state index contributed by atoms with van der Waals surface area (Å²) in [6.45, 7) is 0. The predicted octanol–water partition coefficient (Wildman–Crippen LogP) is -1.76. The van der Waals surface area contributed by atoms with Gasteiger partial charge < -0.3 is 11.5 Å². The van der Waals surface area contributed by atoms with Gasteiger partial charge in [0.15, 0.2) is 0 Å². The summed E-state index contributed by atoms with van der Waals surface area (Å²) in [4.78, 5) is 47.5. The van der Waals surface area contributed by atoms with E-state index in [-0.39, 0.29) is 33.0 Å². The van der Waals surface area contributed by atoms with Crippen molar-refractivity contribution in [1.29, 1.82) is 0 Å². The Morgan fingerprint density at radius 2 is 0.917 bits per heavy atom. The Morgan fingerprint density at radius 1 is 0.625 bits per heavy atom. The lowest BCUT2D eigenvalue weighted by atomic mass is 9.90. The van der Waals surface area contributed by atoms with Crippen LogP contribution in [0.5, 0.6) is 0 Å². The minimum Gasteiger partial charge on any atom is -0.366 e. The molecule has 0 saturated carbocycles. The molecule has 0 fully saturated rings. The van der Waals surface area contributed by atoms with Gasteiger partial charge >= 0.3 is 0 Å². The minimum absolute atomic E-state index is 0.0251. The Labute approximate surface area is 135 Å². The fourth-order valence-corrected chi connectivity index (χ4v) is 2.44. The Balaban J connectivity index is 3.11. The van der Waals surface area contributed by atoms with Crippen LogP contribution < -0.4 is 34.0 Å². The molecule has 0 aliphatic carbocycles. The number of primary amides is 2. The van der Waals surface area contributed by atoms with E-state index in [9.17, 15) is 19.2 Å². The number of nitrogens with one attached hydrogen (secondary N) is 2. The van der Waals surface area contributed by atoms with E-state index in [2.05, 4.69) is 0 Å². The molecule has 4 amide bonds. The van der Waals surface area contributed by atoms with Crippen LogP contribution in [0.15, 0.2) is 24.3 Å². The van der Waals surface area contributed by atoms with Crippen LogP contribution in [-0.4, -0.2) is 23.6 Å². The van der Waals surface area contributed by atoms with Crippen molar-refractivity contribution in [1.82, 2.24) is 10.9 Å². The molecule has 0 bridgehead atoms. The van der Waals surface area contributed by atoms with Crippen molar-refractivity contribution in [3.63, 3.8) is 0 Å². The van der Waals surface area contributed by atoms with Gasteiger partial charge in [-0.25, -0.2) is 11.7 Å². The number of nitrogen functional groups attached to an aromatic ring is 2. The van der Waals surface area contributed by atoms with Crippen LogP contribution in [0.3, 0.4) is 0 Å². The number of hydrogen-bond acceptors (Lipinski definition) is 6. The van der Waals surface area contributed by atoms with Crippen molar-refractivity contribution in [3.05, 3.63) is 46.5 Å². The number of benzene rings is 2. The fraction of sp³-hybridized carbons (Fsp3) is 0. The van der Waals surface area contributed by atoms with Crippen molar-refractivity contribution < 1.29 is 19.2 Å². The minimum atomic E-state index is -0.868. The third-order valence-electron chi connectivity index (χ3n) is 3.44. The summed E-state index contributed by atoms with van der Waals surface area (Å²) in [5.74, 6) is 7.04. The Bertz CT molecular complexity index is 820. The summed E-state index contributed by atoms with van der Waals surface area (Å²) in [6.07, 6.45) is 0. The van der Waals surface area contributed by atoms with Crippen molar-refractivity contribution >= 4 is 34.4 Å². The van der Waals surface area contributed by atoms with Gasteiger partial charge in [0.25, 0.3) is 11.8 Å². The molecule has 2 rings (SSSR count). The SMILES string of the molecule is NNC(=O)c1ccc(C(=O)NN)c2c(C(N)=O)ccc(C(N)=O)c12. The van der Waals surface area contributed by atoms with Crippen LogP contribution in [0.25, 0.3) is 10.8 Å². The zero-order valence-corrected chi connectivity index (χ0v) is 12.3. The quantitative estimate of drug-likeness (QED) is 0.218. The maximum absolute atomic E-state index is 12.0. The Morgan fingerprint density at radius 3 is 1.17 bits per heavy atom. The molecule has 0 atom stereocenters. The molecule has 0 aliphatic rings. The summed E-state index contributed by atoms with van der Waals surface area (Å²) in [5.41, 5.74) is 14.2. The van der Waals surface area contributed by atoms with Crippen LogP contribution in [0, 0.1) is 0 Å². The maximum atomic E-state index is 12.0. The van der Waals surface area contributed by atoms with Gasteiger partial charge in [-0.1, -0.05) is 0 Å². The molecule has 24 heavy (non-hydrogen) atoms. The lowest BCUT2D eigenvalue weighted by Crippen LogP contribution is -2.32. The highest BCUT2D eigenvalue weighted by Gasteiger charge is 2.23. The second-order valence-corrected chi connectivity index (χ2v) is 4.75. The van der Waals surface area contributed by atoms with Gasteiger partial charge in [-0.15, -0.1) is 0 Å². The molecule has 10 nitrogen and oxygen atoms in total. The van der Waals surface area contributed by atoms with E-state index >= 15 is 0 Å². The Hall–Kier alpha value is -3.50. The van der Waals surface area contributed by atoms with Crippen LogP contribution in [0.2, 0.25) is 0 Å². The van der Waals surface area contributed by atoms with Gasteiger partial charge in [0.05, 0.1) is 0 Å². The van der Waals surface area contributed by atoms with E-state index in [0.717, 1.165) is 0 Å². The number of rotatable bonds is 4. The summed E-state index contributed by atoms with van der Waals surface area (Å²) < 4.78 is 0. The molecular formula is C14H14N6O4. The van der Waals surface area contributed by atoms with Crippen LogP contribution in [0.1, 0.15) is 41.4 Å². The van der Waals surface area contributed by atoms with E-state index in [4.69, 9.17) is 23.2 Å². The topological polar surface area (TPSA) is 196 Å². The van der Waals surface area contributed by atoms with Crippen LogP contribution in [0.4, 0.5) is 0 Å². The molecular weight excluding hydrogens is 316 g/mol. The number of hydrazine groups is 2. The average molecular weight is 330 g/mol. The van der Waals surface area contributed by atoms with Gasteiger partial charge in [-0.05, 0) is 24.3 Å². The second kappa shape index (κ2) is 6.32. The molecule has 0 heterocycles. The number of fused-ring (bicyclic) bond motifs is 1. The van der Waals surface area contributed by atoms with E-state index in [0.29, 0.717) is 0 Å². The molecule has 2 aromatic carbocycles. The fourth-order valence-electron chi connectivity index (χ4n) is 2.44. The average Bonchev–Trinajstić information content (AvgIpc) is 2.57. The maximum Gasteiger partial charge on any atom is 0.265 e. The highest BCUT2D eigenvalue weighted by atomic mass is 16.2. The highest BCUT2D eigenvalue weighted by molar-refractivity contribution is 6.24. The first-order valence-corrected chi connectivity index (χ1v) is 6.54. The van der Waals surface area contributed by atoms with Crippen LogP contribution in [-0.2, 0) is 0 Å². The van der Waals surface area contributed by atoms with E-state index in [1.807, 2.05) is 10.9 Å². The third-order valence-corrected chi connectivity index (χ3v) is 3.44. The summed E-state index contributed by atoms with van der Waals surface area (Å²) in [5, 5.41) is -0.0503. The zero-order valence-electron chi connectivity index (χ0n) is 12.3. The molecule has 0 spiro atoms. The standard InChI is InChI=1S/C14H14N6O4/c15-11(21)5-1-2-6(12(16)22)10-8(14(24)20-18)4-3-7(9(5)10)13(23)19-17/h1-4H,17-18H2,(H2,15,21)(H2,16,22)(H,19,23)(H,20,24). The Kier molecular flexibility index (Phi) is 4.44. The summed E-state index contributed by atoms with van der Waals surface area (Å²) >= 11 is 0. The molecule has 0 aliphatic heterocycles. The van der Waals surface area contributed by atoms with Gasteiger partial charge in [0.2, 0.25) is 11.8 Å². The van der Waals surface area contributed by atoms with Crippen molar-refractivity contribution in [2.24, 2.45) is 23.2 Å². The molecule has 0 unspecified atom stereocenters. The zero-order chi connectivity index (χ0) is 18.0. The van der Waals surface area contributed by atoms with E-state index < -0.39 is 23.6 Å². The molecule has 0 aromatic heterocycles. The van der Waals surface area contributed by atoms with Gasteiger partial charge in [-0.3, -0.25) is 30.0 Å². The first kappa shape index (κ1) is 16.9. The van der Waals surface area contributed by atoms with Crippen LogP contribution >= 0.6 is 0 Å². The largest absolute Gasteiger partial charge is 0.366 e. The van der Waals surface area contributed by atoms with E-state index in [1.54, 1.807) is 0 Å². The lowest BCUT2D eigenvalue weighted by Gasteiger charge is -2.15. The first-order valence-electron chi connectivity index (χ1n) is 6.54. The van der Waals surface area contributed by atoms with Crippen molar-refractivity contribution in [2.75, 3.05) is 0 Å². The number of carbonyl (C=O) groups is 4. The first-order chi connectivity index (χ1) is 11.3. The van der Waals surface area contributed by atoms with Crippen molar-refractivity contribution in [3.8, 4) is 0 Å². The molecule has 2 aromatic rings. The summed E-state index contributed by atoms with van der Waals surface area (Å²) in [7, 11) is 0. The monoisotopic (exact) mass is 330 g/mol. The van der Waals surface area contributed by atoms with Crippen molar-refractivity contribution in [2.45, 2.75) is 0 Å². The number of hydrogen-bond donors (Lipinski definition) is 6. The molecule has 10 heteroatoms. The van der Waals surface area contributed by atoms with Gasteiger partial charge in [0, 0.05) is 33.0 Å². The smallest absolute Gasteiger partial charge is 0.265 e. The lowest BCUT2D eigenvalue weighted by molar-refractivity contribution is 0.0943. The number of amides is 4. The number of carbonyl (C=O) groups excluding carboxylic acids is 4. The third kappa shape index (κ3) is 2.62. The normalized spacial score (nSPS) is 10.2. The number of nitrogens with two attached hydrogens (primary N) is 4. The van der Waals surface area contributed by atoms with Gasteiger partial charge in [-0.2, -0.15) is 0 Å². The molecule has 124 valence electrons. The van der Waals surface area contributed by atoms with E-state index in [1.165, 1.54) is 24.3 Å². The van der Waals surface area contributed by atoms with Gasteiger partial charge in [0.1, 0.15) is 0 Å².